The topological polar surface area (TPSA) is 88.8 Å². The standard InChI is InChI=1S/C27H30N2O5/c1-34-27(33)24-21(16-30)20-15-28-22(23(20)29(24)26(32)18-9-5-6-10-18)14-13-19(25(28)31)12-11-17-7-3-2-4-8-17/h2-4,7-8,11-14,18,20-21,23-24,30H,5-6,9-10,15-16H2,1H3/t20-,21-,23+,24-/m1/s1. The molecular weight excluding hydrogens is 432 g/mol. The quantitative estimate of drug-likeness (QED) is 0.691. The number of hydrogen-bond donors (Lipinski definition) is 1. The molecule has 4 atom stereocenters. The number of ether oxygens (including phenoxy) is 1. The van der Waals surface area contributed by atoms with Crippen molar-refractivity contribution in [2.75, 3.05) is 13.7 Å². The zero-order valence-electron chi connectivity index (χ0n) is 19.3. The first-order chi connectivity index (χ1) is 16.5. The van der Waals surface area contributed by atoms with Crippen LogP contribution in [0.15, 0.2) is 47.3 Å². The lowest BCUT2D eigenvalue weighted by molar-refractivity contribution is -0.155. The lowest BCUT2D eigenvalue weighted by Crippen LogP contribution is -2.48. The van der Waals surface area contributed by atoms with E-state index in [-0.39, 0.29) is 29.9 Å². The Morgan fingerprint density at radius 1 is 1.09 bits per heavy atom. The molecule has 0 unspecified atom stereocenters. The van der Waals surface area contributed by atoms with Crippen LogP contribution >= 0.6 is 0 Å². The van der Waals surface area contributed by atoms with E-state index < -0.39 is 24.0 Å². The summed E-state index contributed by atoms with van der Waals surface area (Å²) in [6.07, 6.45) is 7.32. The predicted molar refractivity (Wildman–Crippen MR) is 127 cm³/mol. The summed E-state index contributed by atoms with van der Waals surface area (Å²) in [6, 6.07) is 12.2. The molecule has 7 heteroatoms. The number of esters is 1. The molecule has 1 amide bonds. The molecule has 5 rings (SSSR count). The van der Waals surface area contributed by atoms with Gasteiger partial charge in [-0.1, -0.05) is 49.2 Å². The van der Waals surface area contributed by atoms with Crippen LogP contribution in [0, 0.1) is 17.8 Å². The molecule has 3 aliphatic rings. The Morgan fingerprint density at radius 2 is 1.82 bits per heavy atom. The first-order valence-corrected chi connectivity index (χ1v) is 12.0. The van der Waals surface area contributed by atoms with E-state index in [1.54, 1.807) is 21.6 Å². The molecule has 2 fully saturated rings. The average Bonchev–Trinajstić information content (AvgIpc) is 3.59. The van der Waals surface area contributed by atoms with Gasteiger partial charge in [0.05, 0.1) is 13.2 Å². The highest BCUT2D eigenvalue weighted by Gasteiger charge is 2.58. The van der Waals surface area contributed by atoms with Crippen molar-refractivity contribution in [2.24, 2.45) is 17.8 Å². The van der Waals surface area contributed by atoms with Crippen molar-refractivity contribution in [3.63, 3.8) is 0 Å². The fourth-order valence-corrected chi connectivity index (χ4v) is 6.10. The van der Waals surface area contributed by atoms with E-state index in [1.807, 2.05) is 42.5 Å². The monoisotopic (exact) mass is 462 g/mol. The number of benzene rings is 1. The first kappa shape index (κ1) is 22.6. The Balaban J connectivity index is 1.54. The van der Waals surface area contributed by atoms with Gasteiger partial charge in [0.1, 0.15) is 6.04 Å². The summed E-state index contributed by atoms with van der Waals surface area (Å²) in [5, 5.41) is 10.3. The number of aliphatic hydroxyl groups excluding tert-OH is 1. The molecule has 178 valence electrons. The molecule has 2 aromatic rings. The number of aromatic nitrogens is 1. The fraction of sp³-hybridized carbons (Fsp3) is 0.444. The minimum absolute atomic E-state index is 0.0622. The maximum atomic E-state index is 13.6. The smallest absolute Gasteiger partial charge is 0.328 e. The summed E-state index contributed by atoms with van der Waals surface area (Å²) in [5.41, 5.74) is 2.16. The number of carbonyl (C=O) groups excluding carboxylic acids is 2. The SMILES string of the molecule is COC(=O)[C@H]1[C@H](CO)[C@H]2Cn3c(ccc(C=Cc4ccccc4)c3=O)[C@H]2N1C(=O)C1CCCC1. The maximum absolute atomic E-state index is 13.6. The normalized spacial score (nSPS) is 26.1. The van der Waals surface area contributed by atoms with E-state index in [0.717, 1.165) is 36.9 Å². The van der Waals surface area contributed by atoms with Crippen LogP contribution in [0.4, 0.5) is 0 Å². The highest BCUT2D eigenvalue weighted by atomic mass is 16.5. The predicted octanol–water partition coefficient (Wildman–Crippen LogP) is 2.87. The zero-order chi connectivity index (χ0) is 23.8. The van der Waals surface area contributed by atoms with Gasteiger partial charge in [0.2, 0.25) is 5.91 Å². The van der Waals surface area contributed by atoms with E-state index in [4.69, 9.17) is 4.74 Å². The molecule has 1 aromatic heterocycles. The lowest BCUT2D eigenvalue weighted by Gasteiger charge is -2.32. The number of aliphatic hydroxyl groups is 1. The molecule has 1 saturated heterocycles. The second-order valence-corrected chi connectivity index (χ2v) is 9.52. The van der Waals surface area contributed by atoms with Crippen LogP contribution in [-0.4, -0.2) is 46.2 Å². The number of rotatable bonds is 5. The van der Waals surface area contributed by atoms with Crippen LogP contribution in [0.5, 0.6) is 0 Å². The minimum atomic E-state index is -0.834. The van der Waals surface area contributed by atoms with Crippen LogP contribution in [0.25, 0.3) is 12.2 Å². The summed E-state index contributed by atoms with van der Waals surface area (Å²) in [5.74, 6) is -1.39. The van der Waals surface area contributed by atoms with Gasteiger partial charge < -0.3 is 19.3 Å². The number of carbonyl (C=O) groups is 2. The van der Waals surface area contributed by atoms with Crippen molar-refractivity contribution in [1.82, 2.24) is 9.47 Å². The number of likely N-dealkylation sites (tertiary alicyclic amines) is 1. The van der Waals surface area contributed by atoms with E-state index in [2.05, 4.69) is 0 Å². The van der Waals surface area contributed by atoms with Gasteiger partial charge in [-0.2, -0.15) is 0 Å². The third-order valence-corrected chi connectivity index (χ3v) is 7.76. The molecule has 1 aromatic carbocycles. The molecule has 0 spiro atoms. The number of pyridine rings is 1. The summed E-state index contributed by atoms with van der Waals surface area (Å²) in [6.45, 7) is 0.109. The van der Waals surface area contributed by atoms with Gasteiger partial charge in [-0.25, -0.2) is 4.79 Å². The highest BCUT2D eigenvalue weighted by molar-refractivity contribution is 5.87. The summed E-state index contributed by atoms with van der Waals surface area (Å²) in [4.78, 5) is 41.4. The third kappa shape index (κ3) is 3.68. The van der Waals surface area contributed by atoms with Gasteiger partial charge in [0.15, 0.2) is 0 Å². The van der Waals surface area contributed by atoms with Gasteiger partial charge in [-0.3, -0.25) is 9.59 Å². The van der Waals surface area contributed by atoms with Crippen LogP contribution < -0.4 is 5.56 Å². The molecular formula is C27H30N2O5. The van der Waals surface area contributed by atoms with Crippen molar-refractivity contribution in [3.8, 4) is 0 Å². The zero-order valence-corrected chi connectivity index (χ0v) is 19.3. The molecule has 0 radical (unpaired) electrons. The number of hydrogen-bond acceptors (Lipinski definition) is 5. The molecule has 7 nitrogen and oxygen atoms in total. The van der Waals surface area contributed by atoms with Crippen molar-refractivity contribution >= 4 is 24.0 Å². The van der Waals surface area contributed by atoms with Gasteiger partial charge >= 0.3 is 5.97 Å². The Morgan fingerprint density at radius 3 is 2.50 bits per heavy atom. The van der Waals surface area contributed by atoms with Crippen LogP contribution in [0.2, 0.25) is 0 Å². The Hall–Kier alpha value is -3.19. The second kappa shape index (κ2) is 9.22. The third-order valence-electron chi connectivity index (χ3n) is 7.76. The van der Waals surface area contributed by atoms with Gasteiger partial charge in [0.25, 0.3) is 5.56 Å². The molecule has 1 N–H and O–H groups in total. The Bertz CT molecular complexity index is 1170. The minimum Gasteiger partial charge on any atom is -0.467 e. The number of amides is 1. The Labute approximate surface area is 198 Å². The van der Waals surface area contributed by atoms with Crippen LogP contribution in [0.3, 0.4) is 0 Å². The first-order valence-electron chi connectivity index (χ1n) is 12.0. The molecule has 3 heterocycles. The van der Waals surface area contributed by atoms with Crippen molar-refractivity contribution in [1.29, 1.82) is 0 Å². The van der Waals surface area contributed by atoms with Crippen LogP contribution in [0.1, 0.15) is 48.5 Å². The fourth-order valence-electron chi connectivity index (χ4n) is 6.10. The average molecular weight is 463 g/mol. The maximum Gasteiger partial charge on any atom is 0.328 e. The second-order valence-electron chi connectivity index (χ2n) is 9.52. The van der Waals surface area contributed by atoms with Crippen molar-refractivity contribution in [3.05, 3.63) is 69.6 Å². The highest BCUT2D eigenvalue weighted by Crippen LogP contribution is 2.50. The van der Waals surface area contributed by atoms with E-state index in [1.165, 1.54) is 7.11 Å². The summed E-state index contributed by atoms with van der Waals surface area (Å²) < 4.78 is 6.77. The van der Waals surface area contributed by atoms with Gasteiger partial charge in [0, 0.05) is 42.2 Å². The largest absolute Gasteiger partial charge is 0.467 e. The summed E-state index contributed by atoms with van der Waals surface area (Å²) in [7, 11) is 1.31. The van der Waals surface area contributed by atoms with Crippen molar-refractivity contribution < 1.29 is 19.4 Å². The summed E-state index contributed by atoms with van der Waals surface area (Å²) >= 11 is 0. The molecule has 1 saturated carbocycles. The number of methoxy groups -OCH3 is 1. The van der Waals surface area contributed by atoms with E-state index >= 15 is 0 Å². The lowest BCUT2D eigenvalue weighted by atomic mass is 9.88. The van der Waals surface area contributed by atoms with Crippen molar-refractivity contribution in [2.45, 2.75) is 44.3 Å². The van der Waals surface area contributed by atoms with Gasteiger partial charge in [-0.15, -0.1) is 0 Å². The van der Waals surface area contributed by atoms with Crippen LogP contribution in [-0.2, 0) is 20.9 Å². The number of fused-ring (bicyclic) bond motifs is 3. The molecule has 34 heavy (non-hydrogen) atoms. The van der Waals surface area contributed by atoms with E-state index in [0.29, 0.717) is 12.1 Å². The van der Waals surface area contributed by atoms with E-state index in [9.17, 15) is 19.5 Å². The number of nitrogens with zero attached hydrogens (tertiary/aromatic N) is 2. The molecule has 0 bridgehead atoms. The molecule has 1 aliphatic carbocycles. The van der Waals surface area contributed by atoms with Gasteiger partial charge in [-0.05, 0) is 36.6 Å². The molecule has 2 aliphatic heterocycles. The Kier molecular flexibility index (Phi) is 6.13.